The molecule has 4 N–H and O–H groups in total. The van der Waals surface area contributed by atoms with Gasteiger partial charge in [0.25, 0.3) is 0 Å². The predicted octanol–water partition coefficient (Wildman–Crippen LogP) is 3.99. The van der Waals surface area contributed by atoms with E-state index in [0.29, 0.717) is 28.9 Å². The second-order valence-corrected chi connectivity index (χ2v) is 7.05. The molecule has 0 spiro atoms. The van der Waals surface area contributed by atoms with Crippen LogP contribution in [0, 0.1) is 29.1 Å². The van der Waals surface area contributed by atoms with Gasteiger partial charge in [-0.15, -0.1) is 0 Å². The highest BCUT2D eigenvalue weighted by atomic mass is 16.6. The molecule has 27 heavy (non-hydrogen) atoms. The van der Waals surface area contributed by atoms with Gasteiger partial charge in [0.1, 0.15) is 5.76 Å². The van der Waals surface area contributed by atoms with E-state index in [1.54, 1.807) is 12.3 Å². The number of aromatic nitrogens is 1. The highest BCUT2D eigenvalue weighted by Gasteiger charge is 2.31. The molecule has 0 saturated heterocycles. The summed E-state index contributed by atoms with van der Waals surface area (Å²) in [6.07, 6.45) is 6.59. The predicted molar refractivity (Wildman–Crippen MR) is 106 cm³/mol. The molecule has 3 atom stereocenters. The Hall–Kier alpha value is -3.10. The smallest absolute Gasteiger partial charge is 0.143 e. The zero-order valence-electron chi connectivity index (χ0n) is 15.6. The first-order chi connectivity index (χ1) is 13.0. The van der Waals surface area contributed by atoms with E-state index in [4.69, 9.17) is 16.5 Å². The molecular weight excluding hydrogens is 336 g/mol. The van der Waals surface area contributed by atoms with Crippen LogP contribution in [0.3, 0.4) is 0 Å². The van der Waals surface area contributed by atoms with Gasteiger partial charge in [-0.05, 0) is 30.0 Å². The highest BCUT2D eigenvalue weighted by molar-refractivity contribution is 5.70. The summed E-state index contributed by atoms with van der Waals surface area (Å²) in [7, 11) is 0. The third-order valence-corrected chi connectivity index (χ3v) is 5.41. The molecule has 1 aliphatic rings. The minimum absolute atomic E-state index is 0.0630. The van der Waals surface area contributed by atoms with Crippen molar-refractivity contribution in [1.82, 2.24) is 4.98 Å². The first-order valence-electron chi connectivity index (χ1n) is 9.04. The minimum atomic E-state index is 0.0630. The van der Waals surface area contributed by atoms with Crippen LogP contribution in [0.5, 0.6) is 0 Å². The number of rotatable bonds is 4. The van der Waals surface area contributed by atoms with Crippen molar-refractivity contribution in [2.24, 2.45) is 29.4 Å². The summed E-state index contributed by atoms with van der Waals surface area (Å²) in [6.45, 7) is 4.37. The quantitative estimate of drug-likeness (QED) is 0.804. The number of nitriles is 1. The molecule has 138 valence electrons. The Bertz CT molecular complexity index is 909. The van der Waals surface area contributed by atoms with Gasteiger partial charge in [0, 0.05) is 29.7 Å². The molecule has 0 bridgehead atoms. The standard InChI is InChI=1S/C22H24N4O/c1-14-11-21(27-25)22(24)19(15(14)2)10-9-18-8-7-17(13-26-18)20-6-4-3-5-16(20)12-23/h3-10,13-15,19H,11,24-25H2,1-2H3/b10-9+/t14?,15-,19+/m1/s1. The van der Waals surface area contributed by atoms with Crippen LogP contribution >= 0.6 is 0 Å². The third kappa shape index (κ3) is 3.86. The Morgan fingerprint density at radius 3 is 2.67 bits per heavy atom. The van der Waals surface area contributed by atoms with Crippen LogP contribution in [-0.2, 0) is 4.84 Å². The van der Waals surface area contributed by atoms with Crippen molar-refractivity contribution >= 4 is 6.08 Å². The molecule has 0 radical (unpaired) electrons. The molecule has 2 aromatic rings. The van der Waals surface area contributed by atoms with Crippen molar-refractivity contribution in [3.05, 3.63) is 71.4 Å². The van der Waals surface area contributed by atoms with Crippen LogP contribution in [0.2, 0.25) is 0 Å². The SMILES string of the molecule is CC1CC(ON)=C(N)[C@@H](/C=C/c2ccc(-c3ccccc3C#N)cn2)[C@@H]1C. The molecular formula is C22H24N4O. The lowest BCUT2D eigenvalue weighted by atomic mass is 9.75. The van der Waals surface area contributed by atoms with Gasteiger partial charge >= 0.3 is 0 Å². The summed E-state index contributed by atoms with van der Waals surface area (Å²) in [5.41, 5.74) is 10.2. The van der Waals surface area contributed by atoms with Crippen LogP contribution < -0.4 is 11.6 Å². The average molecular weight is 360 g/mol. The molecule has 0 amide bonds. The third-order valence-electron chi connectivity index (χ3n) is 5.41. The first-order valence-corrected chi connectivity index (χ1v) is 9.04. The second kappa shape index (κ2) is 8.07. The lowest BCUT2D eigenvalue weighted by Crippen LogP contribution is -2.31. The summed E-state index contributed by atoms with van der Waals surface area (Å²) < 4.78 is 0. The van der Waals surface area contributed by atoms with Crippen molar-refractivity contribution in [2.75, 3.05) is 0 Å². The van der Waals surface area contributed by atoms with Gasteiger partial charge in [-0.3, -0.25) is 4.98 Å². The van der Waals surface area contributed by atoms with E-state index in [-0.39, 0.29) is 5.92 Å². The molecule has 0 fully saturated rings. The van der Waals surface area contributed by atoms with Gasteiger partial charge in [-0.1, -0.05) is 44.2 Å². The number of hydrogen-bond acceptors (Lipinski definition) is 5. The van der Waals surface area contributed by atoms with Crippen LogP contribution in [0.4, 0.5) is 0 Å². The van der Waals surface area contributed by atoms with Crippen LogP contribution in [-0.4, -0.2) is 4.98 Å². The largest absolute Gasteiger partial charge is 0.414 e. The van der Waals surface area contributed by atoms with E-state index in [9.17, 15) is 5.26 Å². The fourth-order valence-corrected chi connectivity index (χ4v) is 3.51. The summed E-state index contributed by atoms with van der Waals surface area (Å²) >= 11 is 0. The summed E-state index contributed by atoms with van der Waals surface area (Å²) in [5, 5.41) is 9.26. The fourth-order valence-electron chi connectivity index (χ4n) is 3.51. The molecule has 5 heteroatoms. The van der Waals surface area contributed by atoms with Crippen LogP contribution in [0.1, 0.15) is 31.5 Å². The monoisotopic (exact) mass is 360 g/mol. The van der Waals surface area contributed by atoms with Crippen molar-refractivity contribution in [1.29, 1.82) is 5.26 Å². The lowest BCUT2D eigenvalue weighted by molar-refractivity contribution is 0.158. The molecule has 3 rings (SSSR count). The van der Waals surface area contributed by atoms with Crippen LogP contribution in [0.15, 0.2) is 60.1 Å². The van der Waals surface area contributed by atoms with Crippen LogP contribution in [0.25, 0.3) is 17.2 Å². The van der Waals surface area contributed by atoms with Crippen molar-refractivity contribution < 1.29 is 4.84 Å². The summed E-state index contributed by atoms with van der Waals surface area (Å²) in [6, 6.07) is 13.6. The van der Waals surface area contributed by atoms with Crippen molar-refractivity contribution in [3.63, 3.8) is 0 Å². The average Bonchev–Trinajstić information content (AvgIpc) is 2.71. The van der Waals surface area contributed by atoms with Gasteiger partial charge in [-0.25, -0.2) is 0 Å². The zero-order valence-corrected chi connectivity index (χ0v) is 15.6. The number of hydrogen-bond donors (Lipinski definition) is 2. The molecule has 1 aromatic heterocycles. The van der Waals surface area contributed by atoms with Gasteiger partial charge in [0.2, 0.25) is 0 Å². The molecule has 1 heterocycles. The topological polar surface area (TPSA) is 98.0 Å². The zero-order chi connectivity index (χ0) is 19.4. The Balaban J connectivity index is 1.83. The van der Waals surface area contributed by atoms with Crippen molar-refractivity contribution in [2.45, 2.75) is 20.3 Å². The maximum absolute atomic E-state index is 9.26. The number of pyridine rings is 1. The number of benzene rings is 1. The van der Waals surface area contributed by atoms with E-state index in [2.05, 4.69) is 31.0 Å². The van der Waals surface area contributed by atoms with E-state index in [0.717, 1.165) is 23.2 Å². The molecule has 0 saturated carbocycles. The second-order valence-electron chi connectivity index (χ2n) is 7.05. The van der Waals surface area contributed by atoms with E-state index >= 15 is 0 Å². The maximum atomic E-state index is 9.26. The molecule has 1 aromatic carbocycles. The minimum Gasteiger partial charge on any atom is -0.414 e. The van der Waals surface area contributed by atoms with Gasteiger partial charge in [0.05, 0.1) is 23.0 Å². The number of allylic oxidation sites excluding steroid dienone is 2. The number of nitrogens with two attached hydrogens (primary N) is 2. The van der Waals surface area contributed by atoms with E-state index < -0.39 is 0 Å². The molecule has 1 unspecified atom stereocenters. The molecule has 1 aliphatic carbocycles. The maximum Gasteiger partial charge on any atom is 0.143 e. The summed E-state index contributed by atoms with van der Waals surface area (Å²) in [5.74, 6) is 6.93. The van der Waals surface area contributed by atoms with E-state index in [1.165, 1.54) is 0 Å². The first kappa shape index (κ1) is 18.7. The Labute approximate surface area is 159 Å². The Morgan fingerprint density at radius 1 is 1.22 bits per heavy atom. The number of nitrogens with zero attached hydrogens (tertiary/aromatic N) is 2. The normalized spacial score (nSPS) is 22.7. The van der Waals surface area contributed by atoms with Gasteiger partial charge < -0.3 is 10.6 Å². The van der Waals surface area contributed by atoms with E-state index in [1.807, 2.05) is 36.4 Å². The molecule has 5 nitrogen and oxygen atoms in total. The fraction of sp³-hybridized carbons (Fsp3) is 0.273. The highest BCUT2D eigenvalue weighted by Crippen LogP contribution is 2.37. The lowest BCUT2D eigenvalue weighted by Gasteiger charge is -2.33. The Morgan fingerprint density at radius 2 is 2.00 bits per heavy atom. The van der Waals surface area contributed by atoms with Crippen molar-refractivity contribution in [3.8, 4) is 17.2 Å². The summed E-state index contributed by atoms with van der Waals surface area (Å²) in [4.78, 5) is 9.48. The van der Waals surface area contributed by atoms with Gasteiger partial charge in [-0.2, -0.15) is 11.2 Å². The molecule has 0 aliphatic heterocycles. The Kier molecular flexibility index (Phi) is 5.58. The van der Waals surface area contributed by atoms with Gasteiger partial charge in [0.15, 0.2) is 0 Å².